The van der Waals surface area contributed by atoms with Gasteiger partial charge in [-0.05, 0) is 44.8 Å². The van der Waals surface area contributed by atoms with Gasteiger partial charge >= 0.3 is 5.97 Å². The van der Waals surface area contributed by atoms with Crippen LogP contribution in [0.1, 0.15) is 27.0 Å². The number of benzene rings is 1. The van der Waals surface area contributed by atoms with Crippen LogP contribution < -0.4 is 0 Å². The number of esters is 1. The van der Waals surface area contributed by atoms with E-state index in [0.717, 1.165) is 49.7 Å². The summed E-state index contributed by atoms with van der Waals surface area (Å²) in [5.41, 5.74) is 6.01. The number of aromatic nitrogens is 1. The predicted molar refractivity (Wildman–Crippen MR) is 97.6 cm³/mol. The largest absolute Gasteiger partial charge is 0.465 e. The molecule has 1 aromatic carbocycles. The smallest absolute Gasteiger partial charge is 0.338 e. The molecule has 0 spiro atoms. The Morgan fingerprint density at radius 2 is 2.12 bits per heavy atom. The number of carbonyl (C=O) groups is 1. The lowest BCUT2D eigenvalue weighted by atomic mass is 10.1. The second-order valence-electron chi connectivity index (χ2n) is 6.37. The van der Waals surface area contributed by atoms with Gasteiger partial charge < -0.3 is 9.47 Å². The summed E-state index contributed by atoms with van der Waals surface area (Å²) in [4.78, 5) is 19.2. The summed E-state index contributed by atoms with van der Waals surface area (Å²) in [5.74, 6) is -0.319. The SMILES string of the molecule is COC(=O)c1cc(Br)nc2c1Cc1ccc(CN3CCOCC3)cc1-2. The lowest BCUT2D eigenvalue weighted by molar-refractivity contribution is 0.0342. The molecule has 2 aliphatic rings. The van der Waals surface area contributed by atoms with Gasteiger partial charge in [0.25, 0.3) is 0 Å². The minimum atomic E-state index is -0.319. The fraction of sp³-hybridized carbons (Fsp3) is 0.368. The summed E-state index contributed by atoms with van der Waals surface area (Å²) in [6.07, 6.45) is 0.715. The molecule has 4 rings (SSSR count). The lowest BCUT2D eigenvalue weighted by Crippen LogP contribution is -2.35. The molecule has 1 aliphatic heterocycles. The van der Waals surface area contributed by atoms with Crippen LogP contribution in [0.25, 0.3) is 11.3 Å². The number of morpholine rings is 1. The molecule has 0 N–H and O–H groups in total. The summed E-state index contributed by atoms with van der Waals surface area (Å²) in [7, 11) is 1.41. The van der Waals surface area contributed by atoms with Crippen LogP contribution in [0.5, 0.6) is 0 Å². The Bertz CT molecular complexity index is 832. The van der Waals surface area contributed by atoms with Crippen molar-refractivity contribution in [2.24, 2.45) is 0 Å². The minimum Gasteiger partial charge on any atom is -0.465 e. The minimum absolute atomic E-state index is 0.319. The van der Waals surface area contributed by atoms with Crippen LogP contribution >= 0.6 is 15.9 Å². The van der Waals surface area contributed by atoms with Crippen LogP contribution in [0, 0.1) is 0 Å². The van der Waals surface area contributed by atoms with Crippen molar-refractivity contribution in [2.45, 2.75) is 13.0 Å². The van der Waals surface area contributed by atoms with Gasteiger partial charge in [-0.15, -0.1) is 0 Å². The number of nitrogens with zero attached hydrogens (tertiary/aromatic N) is 2. The Balaban J connectivity index is 1.69. The zero-order valence-corrected chi connectivity index (χ0v) is 15.6. The summed E-state index contributed by atoms with van der Waals surface area (Å²) < 4.78 is 11.0. The number of halogens is 1. The highest BCUT2D eigenvalue weighted by Gasteiger charge is 2.27. The van der Waals surface area contributed by atoms with Crippen LogP contribution in [-0.2, 0) is 22.4 Å². The van der Waals surface area contributed by atoms with Gasteiger partial charge in [0, 0.05) is 31.6 Å². The van der Waals surface area contributed by atoms with Gasteiger partial charge in [0.2, 0.25) is 0 Å². The number of fused-ring (bicyclic) bond motifs is 3. The third-order valence-corrected chi connectivity index (χ3v) is 5.21. The van der Waals surface area contributed by atoms with Gasteiger partial charge in [0.15, 0.2) is 0 Å². The van der Waals surface area contributed by atoms with Crippen molar-refractivity contribution in [1.82, 2.24) is 9.88 Å². The molecule has 1 aliphatic carbocycles. The molecule has 5 nitrogen and oxygen atoms in total. The number of ether oxygens (including phenoxy) is 2. The highest BCUT2D eigenvalue weighted by Crippen LogP contribution is 2.39. The standard InChI is InChI=1S/C19H19BrN2O3/c1-24-19(23)16-10-17(20)21-18-14-8-12(2-3-13(14)9-15(16)18)11-22-4-6-25-7-5-22/h2-3,8,10H,4-7,9,11H2,1H3. The fourth-order valence-corrected chi connectivity index (χ4v) is 3.94. The van der Waals surface area contributed by atoms with Crippen molar-refractivity contribution in [3.63, 3.8) is 0 Å². The maximum atomic E-state index is 12.1. The second kappa shape index (κ2) is 6.86. The van der Waals surface area contributed by atoms with Gasteiger partial charge in [0.1, 0.15) is 4.60 Å². The maximum absolute atomic E-state index is 12.1. The Morgan fingerprint density at radius 1 is 1.32 bits per heavy atom. The first-order valence-electron chi connectivity index (χ1n) is 8.35. The molecule has 1 fully saturated rings. The van der Waals surface area contributed by atoms with E-state index in [1.807, 2.05) is 0 Å². The van der Waals surface area contributed by atoms with Crippen LogP contribution in [0.4, 0.5) is 0 Å². The first-order chi connectivity index (χ1) is 12.2. The highest BCUT2D eigenvalue weighted by atomic mass is 79.9. The number of hydrogen-bond donors (Lipinski definition) is 0. The van der Waals surface area contributed by atoms with Crippen molar-refractivity contribution in [1.29, 1.82) is 0 Å². The number of rotatable bonds is 3. The molecule has 1 saturated heterocycles. The summed E-state index contributed by atoms with van der Waals surface area (Å²) in [6.45, 7) is 4.42. The van der Waals surface area contributed by atoms with Crippen molar-refractivity contribution < 1.29 is 14.3 Å². The number of methoxy groups -OCH3 is 1. The topological polar surface area (TPSA) is 51.7 Å². The van der Waals surface area contributed by atoms with Crippen LogP contribution in [0.15, 0.2) is 28.9 Å². The summed E-state index contributed by atoms with van der Waals surface area (Å²) in [5, 5.41) is 0. The number of carbonyl (C=O) groups excluding carboxylic acids is 1. The van der Waals surface area contributed by atoms with Crippen molar-refractivity contribution in [2.75, 3.05) is 33.4 Å². The Kier molecular flexibility index (Phi) is 4.58. The molecule has 0 radical (unpaired) electrons. The van der Waals surface area contributed by atoms with Gasteiger partial charge in [0.05, 0.1) is 31.6 Å². The van der Waals surface area contributed by atoms with Gasteiger partial charge in [-0.1, -0.05) is 12.1 Å². The average molecular weight is 403 g/mol. The Morgan fingerprint density at radius 3 is 2.88 bits per heavy atom. The highest BCUT2D eigenvalue weighted by molar-refractivity contribution is 9.10. The normalized spacial score (nSPS) is 16.4. The molecule has 2 aromatic rings. The van der Waals surface area contributed by atoms with Crippen LogP contribution in [0.2, 0.25) is 0 Å². The van der Waals surface area contributed by atoms with Crippen molar-refractivity contribution in [3.05, 3.63) is 51.1 Å². The quantitative estimate of drug-likeness (QED) is 0.497. The first-order valence-corrected chi connectivity index (χ1v) is 9.15. The molecule has 130 valence electrons. The van der Waals surface area contributed by atoms with E-state index >= 15 is 0 Å². The van der Waals surface area contributed by atoms with Crippen molar-refractivity contribution in [3.8, 4) is 11.3 Å². The van der Waals surface area contributed by atoms with Gasteiger partial charge in [-0.25, -0.2) is 9.78 Å². The van der Waals surface area contributed by atoms with Crippen molar-refractivity contribution >= 4 is 21.9 Å². The molecule has 0 unspecified atom stereocenters. The second-order valence-corrected chi connectivity index (χ2v) is 7.18. The van der Waals surface area contributed by atoms with Crippen LogP contribution in [-0.4, -0.2) is 49.3 Å². The zero-order valence-electron chi connectivity index (χ0n) is 14.0. The lowest BCUT2D eigenvalue weighted by Gasteiger charge is -2.26. The third-order valence-electron chi connectivity index (χ3n) is 4.80. The molecule has 6 heteroatoms. The average Bonchev–Trinajstić information content (AvgIpc) is 2.99. The van der Waals surface area contributed by atoms with E-state index in [2.05, 4.69) is 44.0 Å². The van der Waals surface area contributed by atoms with E-state index in [1.54, 1.807) is 6.07 Å². The molecule has 1 aromatic heterocycles. The third kappa shape index (κ3) is 3.21. The van der Waals surface area contributed by atoms with Gasteiger partial charge in [-0.2, -0.15) is 0 Å². The maximum Gasteiger partial charge on any atom is 0.338 e. The van der Waals surface area contributed by atoms with E-state index in [-0.39, 0.29) is 5.97 Å². The van der Waals surface area contributed by atoms with E-state index in [4.69, 9.17) is 9.47 Å². The predicted octanol–water partition coefficient (Wildman–Crippen LogP) is 3.03. The zero-order chi connectivity index (χ0) is 17.4. The number of hydrogen-bond acceptors (Lipinski definition) is 5. The molecular weight excluding hydrogens is 384 g/mol. The molecular formula is C19H19BrN2O3. The molecule has 0 saturated carbocycles. The van der Waals surface area contributed by atoms with E-state index in [0.29, 0.717) is 16.6 Å². The fourth-order valence-electron chi connectivity index (χ4n) is 3.54. The van der Waals surface area contributed by atoms with E-state index in [9.17, 15) is 4.79 Å². The molecule has 0 amide bonds. The number of pyridine rings is 1. The summed E-state index contributed by atoms with van der Waals surface area (Å²) >= 11 is 3.42. The monoisotopic (exact) mass is 402 g/mol. The Hall–Kier alpha value is -1.76. The Labute approximate surface area is 155 Å². The molecule has 0 atom stereocenters. The molecule has 25 heavy (non-hydrogen) atoms. The summed E-state index contributed by atoms with van der Waals surface area (Å²) in [6, 6.07) is 8.27. The van der Waals surface area contributed by atoms with E-state index in [1.165, 1.54) is 18.2 Å². The molecule has 2 heterocycles. The first kappa shape index (κ1) is 16.7. The van der Waals surface area contributed by atoms with Gasteiger partial charge in [-0.3, -0.25) is 4.90 Å². The van der Waals surface area contributed by atoms with E-state index < -0.39 is 0 Å². The molecule has 0 bridgehead atoms. The van der Waals surface area contributed by atoms with Crippen LogP contribution in [0.3, 0.4) is 0 Å².